The van der Waals surface area contributed by atoms with E-state index in [9.17, 15) is 0 Å². The number of rotatable bonds is 7. The number of alkyl halides is 1. The first-order valence-electron chi connectivity index (χ1n) is 10.5. The van der Waals surface area contributed by atoms with E-state index in [1.807, 2.05) is 30.3 Å². The Morgan fingerprint density at radius 1 is 1.14 bits per heavy atom. The molecule has 28 heavy (non-hydrogen) atoms. The zero-order valence-electron chi connectivity index (χ0n) is 16.5. The Hall–Kier alpha value is -1.64. The van der Waals surface area contributed by atoms with Gasteiger partial charge in [0.05, 0.1) is 5.16 Å². The highest BCUT2D eigenvalue weighted by molar-refractivity contribution is 7.78. The quantitative estimate of drug-likeness (QED) is 0.262. The molecule has 0 N–H and O–H groups in total. The highest BCUT2D eigenvalue weighted by Crippen LogP contribution is 2.49. The van der Waals surface area contributed by atoms with E-state index in [-0.39, 0.29) is 5.92 Å². The summed E-state index contributed by atoms with van der Waals surface area (Å²) in [5.41, 5.74) is -0.164. The van der Waals surface area contributed by atoms with Gasteiger partial charge in [0.1, 0.15) is 5.83 Å². The molecule has 1 nitrogen and oxygen atoms in total. The Kier molecular flexibility index (Phi) is 7.31. The lowest BCUT2D eigenvalue weighted by Gasteiger charge is -2.42. The second kappa shape index (κ2) is 9.71. The Bertz CT molecular complexity index is 758. The van der Waals surface area contributed by atoms with Gasteiger partial charge in [-0.2, -0.15) is 0 Å². The fraction of sp³-hybridized carbons (Fsp3) is 0.542. The van der Waals surface area contributed by atoms with Crippen molar-refractivity contribution in [3.05, 3.63) is 53.9 Å². The molecule has 0 aromatic heterocycles. The average molecular weight is 402 g/mol. The molecule has 2 aliphatic rings. The van der Waals surface area contributed by atoms with Crippen LogP contribution in [0.25, 0.3) is 5.57 Å². The molecule has 150 valence electrons. The van der Waals surface area contributed by atoms with Crippen molar-refractivity contribution in [1.29, 1.82) is 0 Å². The normalized spacial score (nSPS) is 30.2. The molecular formula is C24H29F2NS. The van der Waals surface area contributed by atoms with Crippen molar-refractivity contribution in [3.8, 4) is 0 Å². The van der Waals surface area contributed by atoms with Gasteiger partial charge in [-0.25, -0.2) is 13.8 Å². The molecule has 0 aliphatic heterocycles. The van der Waals surface area contributed by atoms with Crippen molar-refractivity contribution in [1.82, 2.24) is 0 Å². The Balaban J connectivity index is 1.79. The summed E-state index contributed by atoms with van der Waals surface area (Å²) in [5, 5.41) is 2.30. The second-order valence-corrected chi connectivity index (χ2v) is 8.31. The topological polar surface area (TPSA) is 12.4 Å². The van der Waals surface area contributed by atoms with Crippen LogP contribution < -0.4 is 0 Å². The summed E-state index contributed by atoms with van der Waals surface area (Å²) in [6.45, 7) is 2.21. The van der Waals surface area contributed by atoms with Crippen LogP contribution in [0.15, 0.2) is 53.3 Å². The molecule has 2 atom stereocenters. The standard InChI is InChI=1S/C24H29F2NS/c1-2-3-5-8-18-11-13-21(14-12-18)24(27-17-28)22(25)15-20(16-23(24)26)19-9-6-4-7-10-19/h4,6-7,9-10,15-16,18,21-22H,2-3,5,8,11-14H2,1H3. The lowest BCUT2D eigenvalue weighted by atomic mass is 9.67. The van der Waals surface area contributed by atoms with Crippen LogP contribution in [0, 0.1) is 11.8 Å². The van der Waals surface area contributed by atoms with Gasteiger partial charge in [0.2, 0.25) is 0 Å². The summed E-state index contributed by atoms with van der Waals surface area (Å²) in [4.78, 5) is 4.13. The van der Waals surface area contributed by atoms with Crippen LogP contribution in [0.1, 0.15) is 63.9 Å². The Labute approximate surface area is 172 Å². The van der Waals surface area contributed by atoms with Gasteiger partial charge in [-0.3, -0.25) is 0 Å². The maximum absolute atomic E-state index is 15.5. The molecule has 0 radical (unpaired) electrons. The number of hydrogen-bond acceptors (Lipinski definition) is 2. The van der Waals surface area contributed by atoms with Gasteiger partial charge < -0.3 is 0 Å². The maximum atomic E-state index is 15.5. The van der Waals surface area contributed by atoms with Gasteiger partial charge in [0.15, 0.2) is 11.7 Å². The van der Waals surface area contributed by atoms with Crippen LogP contribution in [-0.2, 0) is 0 Å². The summed E-state index contributed by atoms with van der Waals surface area (Å²) >= 11 is 4.80. The molecule has 0 amide bonds. The van der Waals surface area contributed by atoms with E-state index in [1.54, 1.807) is 0 Å². The second-order valence-electron chi connectivity index (χ2n) is 8.12. The lowest BCUT2D eigenvalue weighted by Crippen LogP contribution is -2.47. The highest BCUT2D eigenvalue weighted by Gasteiger charge is 2.51. The molecule has 1 aromatic rings. The van der Waals surface area contributed by atoms with Crippen molar-refractivity contribution < 1.29 is 8.78 Å². The minimum absolute atomic E-state index is 0.176. The number of isothiocyanates is 1. The first kappa shape index (κ1) is 21.1. The highest BCUT2D eigenvalue weighted by atomic mass is 32.1. The van der Waals surface area contributed by atoms with Gasteiger partial charge in [-0.05, 0) is 60.2 Å². The monoisotopic (exact) mass is 401 g/mol. The van der Waals surface area contributed by atoms with Gasteiger partial charge >= 0.3 is 0 Å². The summed E-state index contributed by atoms with van der Waals surface area (Å²) in [6.07, 6.45) is 9.95. The number of halogens is 2. The molecule has 1 saturated carbocycles. The summed E-state index contributed by atoms with van der Waals surface area (Å²) in [5.74, 6) is -0.0289. The van der Waals surface area contributed by atoms with E-state index in [1.165, 1.54) is 37.8 Å². The number of aliphatic imine (C=N–C) groups is 1. The average Bonchev–Trinajstić information content (AvgIpc) is 2.72. The van der Waals surface area contributed by atoms with Crippen LogP contribution in [0.2, 0.25) is 0 Å². The number of allylic oxidation sites excluding steroid dienone is 2. The lowest BCUT2D eigenvalue weighted by molar-refractivity contribution is 0.116. The SMILES string of the molecule is CCCCCC1CCC(C2(N=C=S)C(F)=CC(c3ccccc3)=CC2F)CC1. The first-order chi connectivity index (χ1) is 13.6. The van der Waals surface area contributed by atoms with E-state index in [4.69, 9.17) is 12.2 Å². The number of unbranched alkanes of at least 4 members (excludes halogenated alkanes) is 2. The van der Waals surface area contributed by atoms with Crippen molar-refractivity contribution in [2.75, 3.05) is 0 Å². The molecule has 0 saturated heterocycles. The Morgan fingerprint density at radius 3 is 2.46 bits per heavy atom. The van der Waals surface area contributed by atoms with Crippen LogP contribution in [0.4, 0.5) is 8.78 Å². The zero-order valence-corrected chi connectivity index (χ0v) is 17.4. The molecule has 2 unspecified atom stereocenters. The molecule has 3 rings (SSSR count). The minimum Gasteiger partial charge on any atom is -0.240 e. The van der Waals surface area contributed by atoms with Crippen LogP contribution in [0.3, 0.4) is 0 Å². The molecule has 0 heterocycles. The maximum Gasteiger partial charge on any atom is 0.159 e. The summed E-state index contributed by atoms with van der Waals surface area (Å²) in [7, 11) is 0. The third kappa shape index (κ3) is 4.34. The van der Waals surface area contributed by atoms with Crippen LogP contribution >= 0.6 is 12.2 Å². The third-order valence-electron chi connectivity index (χ3n) is 6.43. The van der Waals surface area contributed by atoms with E-state index >= 15 is 8.78 Å². The first-order valence-corrected chi connectivity index (χ1v) is 10.9. The Morgan fingerprint density at radius 2 is 1.86 bits per heavy atom. The molecule has 4 heteroatoms. The van der Waals surface area contributed by atoms with Crippen molar-refractivity contribution in [2.45, 2.75) is 70.0 Å². The summed E-state index contributed by atoms with van der Waals surface area (Å²) < 4.78 is 30.9. The molecule has 0 bridgehead atoms. The minimum atomic E-state index is -1.54. The third-order valence-corrected chi connectivity index (χ3v) is 6.53. The molecule has 1 aromatic carbocycles. The molecule has 0 spiro atoms. The number of thiocarbonyl (C=S) groups is 1. The summed E-state index contributed by atoms with van der Waals surface area (Å²) in [6, 6.07) is 9.34. The van der Waals surface area contributed by atoms with Gasteiger partial charge in [-0.1, -0.05) is 75.8 Å². The number of hydrogen-bond donors (Lipinski definition) is 0. The van der Waals surface area contributed by atoms with Crippen molar-refractivity contribution in [2.24, 2.45) is 16.8 Å². The van der Waals surface area contributed by atoms with Crippen LogP contribution in [0.5, 0.6) is 0 Å². The van der Waals surface area contributed by atoms with Gasteiger partial charge in [0, 0.05) is 0 Å². The van der Waals surface area contributed by atoms with E-state index < -0.39 is 17.5 Å². The predicted octanol–water partition coefficient (Wildman–Crippen LogP) is 7.50. The fourth-order valence-electron chi connectivity index (χ4n) is 4.80. The van der Waals surface area contributed by atoms with Gasteiger partial charge in [-0.15, -0.1) is 0 Å². The zero-order chi connectivity index (χ0) is 20.0. The smallest absolute Gasteiger partial charge is 0.159 e. The van der Waals surface area contributed by atoms with E-state index in [0.29, 0.717) is 11.5 Å². The predicted molar refractivity (Wildman–Crippen MR) is 116 cm³/mol. The number of benzene rings is 1. The fourth-order valence-corrected chi connectivity index (χ4v) is 4.95. The number of nitrogens with zero attached hydrogens (tertiary/aromatic N) is 1. The molecule has 2 aliphatic carbocycles. The largest absolute Gasteiger partial charge is 0.240 e. The van der Waals surface area contributed by atoms with Gasteiger partial charge in [0.25, 0.3) is 0 Å². The van der Waals surface area contributed by atoms with Crippen molar-refractivity contribution in [3.63, 3.8) is 0 Å². The van der Waals surface area contributed by atoms with Crippen LogP contribution in [-0.4, -0.2) is 16.9 Å². The molecular weight excluding hydrogens is 372 g/mol. The van der Waals surface area contributed by atoms with Crippen molar-refractivity contribution >= 4 is 23.0 Å². The van der Waals surface area contributed by atoms with E-state index in [0.717, 1.165) is 31.2 Å². The molecule has 1 fully saturated rings. The van der Waals surface area contributed by atoms with E-state index in [2.05, 4.69) is 17.1 Å².